The van der Waals surface area contributed by atoms with Crippen LogP contribution in [0.5, 0.6) is 0 Å². The molecule has 1 fully saturated rings. The van der Waals surface area contributed by atoms with Crippen LogP contribution in [0.25, 0.3) is 22.2 Å². The standard InChI is InChI=1S/C26H33ClN4O/c1-18-14-19(2)17-30(16-18)13-7-12-28-26(32)20(3)31-24-11-10-22(27)15-23(24)25(29-31)21-8-5-4-6-9-21/h4-6,8-11,15,18-20H,7,12-14,16-17H2,1-3H3,(H,28,32)/t18-,19-,20-/m1/s1. The van der Waals surface area contributed by atoms with E-state index in [4.69, 9.17) is 16.7 Å². The van der Waals surface area contributed by atoms with Crippen LogP contribution in [0.3, 0.4) is 0 Å². The number of nitrogens with one attached hydrogen (secondary N) is 1. The smallest absolute Gasteiger partial charge is 0.244 e. The molecule has 1 N–H and O–H groups in total. The lowest BCUT2D eigenvalue weighted by Gasteiger charge is -2.34. The van der Waals surface area contributed by atoms with Gasteiger partial charge in [-0.2, -0.15) is 5.10 Å². The number of benzene rings is 2. The molecule has 2 heterocycles. The van der Waals surface area contributed by atoms with Crippen molar-refractivity contribution in [3.05, 3.63) is 53.6 Å². The largest absolute Gasteiger partial charge is 0.354 e. The highest BCUT2D eigenvalue weighted by Gasteiger charge is 2.23. The molecule has 0 radical (unpaired) electrons. The van der Waals surface area contributed by atoms with E-state index in [1.165, 1.54) is 19.5 Å². The number of piperidine rings is 1. The van der Waals surface area contributed by atoms with Crippen LogP contribution in [0.1, 0.15) is 39.7 Å². The number of nitrogens with zero attached hydrogens (tertiary/aromatic N) is 3. The molecule has 6 heteroatoms. The highest BCUT2D eigenvalue weighted by Crippen LogP contribution is 2.31. The molecule has 3 atom stereocenters. The normalized spacial score (nSPS) is 20.4. The Morgan fingerprint density at radius 2 is 1.88 bits per heavy atom. The van der Waals surface area contributed by atoms with Crippen LogP contribution in [0.2, 0.25) is 5.02 Å². The quantitative estimate of drug-likeness (QED) is 0.488. The van der Waals surface area contributed by atoms with Crippen molar-refractivity contribution in [2.45, 2.75) is 39.7 Å². The highest BCUT2D eigenvalue weighted by molar-refractivity contribution is 6.31. The molecule has 2 aromatic carbocycles. The molecule has 1 aromatic heterocycles. The van der Waals surface area contributed by atoms with Gasteiger partial charge in [-0.15, -0.1) is 0 Å². The molecule has 0 saturated carbocycles. The van der Waals surface area contributed by atoms with Gasteiger partial charge in [0, 0.05) is 35.6 Å². The number of carbonyl (C=O) groups excluding carboxylic acids is 1. The number of amides is 1. The molecular weight excluding hydrogens is 420 g/mol. The first-order valence-corrected chi connectivity index (χ1v) is 12.0. The number of aromatic nitrogens is 2. The van der Waals surface area contributed by atoms with Crippen molar-refractivity contribution < 1.29 is 4.79 Å². The summed E-state index contributed by atoms with van der Waals surface area (Å²) in [6, 6.07) is 15.3. The first-order chi connectivity index (χ1) is 15.4. The van der Waals surface area contributed by atoms with E-state index in [0.717, 1.165) is 47.0 Å². The average Bonchev–Trinajstić information content (AvgIpc) is 3.14. The van der Waals surface area contributed by atoms with Crippen molar-refractivity contribution in [3.63, 3.8) is 0 Å². The van der Waals surface area contributed by atoms with Crippen LogP contribution < -0.4 is 5.32 Å². The monoisotopic (exact) mass is 452 g/mol. The van der Waals surface area contributed by atoms with E-state index in [1.54, 1.807) is 0 Å². The minimum absolute atomic E-state index is 0.00987. The van der Waals surface area contributed by atoms with Gasteiger partial charge in [0.25, 0.3) is 0 Å². The number of hydrogen-bond acceptors (Lipinski definition) is 3. The van der Waals surface area contributed by atoms with E-state index >= 15 is 0 Å². The molecule has 5 nitrogen and oxygen atoms in total. The van der Waals surface area contributed by atoms with Gasteiger partial charge in [0.2, 0.25) is 5.91 Å². The van der Waals surface area contributed by atoms with Crippen LogP contribution in [0, 0.1) is 11.8 Å². The van der Waals surface area contributed by atoms with Gasteiger partial charge < -0.3 is 10.2 Å². The molecule has 4 rings (SSSR count). The van der Waals surface area contributed by atoms with Gasteiger partial charge in [0.15, 0.2) is 0 Å². The summed E-state index contributed by atoms with van der Waals surface area (Å²) in [4.78, 5) is 15.5. The van der Waals surface area contributed by atoms with Crippen molar-refractivity contribution in [3.8, 4) is 11.3 Å². The van der Waals surface area contributed by atoms with Gasteiger partial charge in [0.05, 0.1) is 5.52 Å². The number of halogens is 1. The Morgan fingerprint density at radius 1 is 1.16 bits per heavy atom. The lowest BCUT2D eigenvalue weighted by atomic mass is 9.92. The number of hydrogen-bond donors (Lipinski definition) is 1. The average molecular weight is 453 g/mol. The molecule has 0 bridgehead atoms. The zero-order valence-electron chi connectivity index (χ0n) is 19.2. The summed E-state index contributed by atoms with van der Waals surface area (Å²) < 4.78 is 1.82. The zero-order chi connectivity index (χ0) is 22.7. The summed E-state index contributed by atoms with van der Waals surface area (Å²) in [6.07, 6.45) is 2.28. The second kappa shape index (κ2) is 10.1. The van der Waals surface area contributed by atoms with E-state index < -0.39 is 6.04 Å². The van der Waals surface area contributed by atoms with Gasteiger partial charge >= 0.3 is 0 Å². The molecule has 1 amide bonds. The summed E-state index contributed by atoms with van der Waals surface area (Å²) in [5.74, 6) is 1.51. The van der Waals surface area contributed by atoms with Crippen LogP contribution in [0.15, 0.2) is 48.5 Å². The Hall–Kier alpha value is -2.37. The molecule has 170 valence electrons. The predicted octanol–water partition coefficient (Wildman–Crippen LogP) is 5.40. The Labute approximate surface area is 195 Å². The van der Waals surface area contributed by atoms with Crippen molar-refractivity contribution in [1.82, 2.24) is 20.0 Å². The van der Waals surface area contributed by atoms with E-state index in [1.807, 2.05) is 60.1 Å². The number of fused-ring (bicyclic) bond motifs is 1. The van der Waals surface area contributed by atoms with Crippen LogP contribution in [-0.4, -0.2) is 46.8 Å². The Bertz CT molecular complexity index is 1050. The second-order valence-electron chi connectivity index (χ2n) is 9.35. The molecule has 32 heavy (non-hydrogen) atoms. The first kappa shape index (κ1) is 22.8. The minimum atomic E-state index is -0.411. The maximum Gasteiger partial charge on any atom is 0.244 e. The third-order valence-corrected chi connectivity index (χ3v) is 6.59. The third kappa shape index (κ3) is 5.16. The van der Waals surface area contributed by atoms with Gasteiger partial charge in [-0.05, 0) is 56.3 Å². The Morgan fingerprint density at radius 3 is 2.59 bits per heavy atom. The SMILES string of the molecule is C[C@@H]1C[C@@H](C)CN(CCCNC(=O)[C@@H](C)n2nc(-c3ccccc3)c3cc(Cl)ccc32)C1. The Kier molecular flexibility index (Phi) is 7.17. The minimum Gasteiger partial charge on any atom is -0.354 e. The molecule has 0 spiro atoms. The number of rotatable bonds is 7. The lowest BCUT2D eigenvalue weighted by Crippen LogP contribution is -2.40. The van der Waals surface area contributed by atoms with E-state index in [9.17, 15) is 4.79 Å². The predicted molar refractivity (Wildman–Crippen MR) is 132 cm³/mol. The van der Waals surface area contributed by atoms with Crippen molar-refractivity contribution in [2.75, 3.05) is 26.2 Å². The molecule has 1 saturated heterocycles. The van der Waals surface area contributed by atoms with Gasteiger partial charge in [-0.25, -0.2) is 0 Å². The lowest BCUT2D eigenvalue weighted by molar-refractivity contribution is -0.124. The zero-order valence-corrected chi connectivity index (χ0v) is 20.0. The molecule has 1 aliphatic heterocycles. The summed E-state index contributed by atoms with van der Waals surface area (Å²) in [7, 11) is 0. The maximum absolute atomic E-state index is 12.9. The fourth-order valence-corrected chi connectivity index (χ4v) is 5.14. The summed E-state index contributed by atoms with van der Waals surface area (Å²) in [5, 5.41) is 9.56. The summed E-state index contributed by atoms with van der Waals surface area (Å²) in [6.45, 7) is 10.6. The van der Waals surface area contributed by atoms with Crippen LogP contribution in [-0.2, 0) is 4.79 Å². The fraction of sp³-hybridized carbons (Fsp3) is 0.462. The van der Waals surface area contributed by atoms with Crippen LogP contribution >= 0.6 is 11.6 Å². The van der Waals surface area contributed by atoms with E-state index in [2.05, 4.69) is 24.1 Å². The number of likely N-dealkylation sites (tertiary alicyclic amines) is 1. The van der Waals surface area contributed by atoms with Crippen molar-refractivity contribution in [2.24, 2.45) is 11.8 Å². The maximum atomic E-state index is 12.9. The van der Waals surface area contributed by atoms with Gasteiger partial charge in [-0.1, -0.05) is 55.8 Å². The van der Waals surface area contributed by atoms with E-state index in [-0.39, 0.29) is 5.91 Å². The van der Waals surface area contributed by atoms with Gasteiger partial charge in [-0.3, -0.25) is 9.48 Å². The summed E-state index contributed by atoms with van der Waals surface area (Å²) in [5.41, 5.74) is 2.76. The summed E-state index contributed by atoms with van der Waals surface area (Å²) >= 11 is 6.28. The van der Waals surface area contributed by atoms with Crippen molar-refractivity contribution in [1.29, 1.82) is 0 Å². The van der Waals surface area contributed by atoms with Crippen LogP contribution in [0.4, 0.5) is 0 Å². The second-order valence-corrected chi connectivity index (χ2v) is 9.78. The molecule has 0 aliphatic carbocycles. The van der Waals surface area contributed by atoms with Gasteiger partial charge in [0.1, 0.15) is 11.7 Å². The van der Waals surface area contributed by atoms with Crippen molar-refractivity contribution >= 4 is 28.4 Å². The van der Waals surface area contributed by atoms with E-state index in [0.29, 0.717) is 11.6 Å². The molecule has 3 aromatic rings. The molecule has 0 unspecified atom stereocenters. The molecular formula is C26H33ClN4O. The topological polar surface area (TPSA) is 50.2 Å². The highest BCUT2D eigenvalue weighted by atomic mass is 35.5. The Balaban J connectivity index is 1.43. The third-order valence-electron chi connectivity index (χ3n) is 6.36. The first-order valence-electron chi connectivity index (χ1n) is 11.7. The fourth-order valence-electron chi connectivity index (χ4n) is 4.97. The molecule has 1 aliphatic rings. The number of carbonyl (C=O) groups is 1.